The Bertz CT molecular complexity index is 907. The molecule has 0 aromatic carbocycles. The molecule has 52 heavy (non-hydrogen) atoms. The Morgan fingerprint density at radius 1 is 0.654 bits per heavy atom. The van der Waals surface area contributed by atoms with Crippen LogP contribution in [0.4, 0.5) is 0 Å². The third-order valence-electron chi connectivity index (χ3n) is 9.66. The van der Waals surface area contributed by atoms with E-state index in [9.17, 15) is 19.4 Å². The van der Waals surface area contributed by atoms with E-state index >= 15 is 0 Å². The molecule has 0 bridgehead atoms. The van der Waals surface area contributed by atoms with Gasteiger partial charge in [0.2, 0.25) is 5.91 Å². The van der Waals surface area contributed by atoms with Gasteiger partial charge in [0.25, 0.3) is 7.82 Å². The van der Waals surface area contributed by atoms with Crippen LogP contribution in [0.3, 0.4) is 0 Å². The van der Waals surface area contributed by atoms with Crippen molar-refractivity contribution in [3.8, 4) is 0 Å². The molecule has 0 aliphatic rings. The molecular formula is C43H85N2O6P. The number of likely N-dealkylation sites (N-methyl/N-ethyl adjacent to an activating group) is 1. The van der Waals surface area contributed by atoms with Crippen molar-refractivity contribution in [1.82, 2.24) is 5.32 Å². The summed E-state index contributed by atoms with van der Waals surface area (Å²) < 4.78 is 23.1. The number of hydrogen-bond acceptors (Lipinski definition) is 6. The fraction of sp³-hybridized carbons (Fsp3) is 0.884. The molecule has 0 aliphatic carbocycles. The zero-order valence-electron chi connectivity index (χ0n) is 34.8. The van der Waals surface area contributed by atoms with E-state index in [1.807, 2.05) is 27.2 Å². The standard InChI is InChI=1S/C43H85N2O6P/c1-6-8-10-12-14-16-18-20-21-22-23-24-25-27-29-31-33-35-37-43(47)44-41(40-51-52(48,49)50-39-38-45(3,4)5)42(46)36-34-32-30-28-26-19-17-15-13-11-9-7-2/h26,28,34,36,41-42,46H,6-25,27,29-33,35,37-40H2,1-5H3,(H-,44,47,48,49)/b28-26+,36-34+/t41-,42+/m0/s1. The van der Waals surface area contributed by atoms with E-state index < -0.39 is 20.0 Å². The number of amides is 1. The quantitative estimate of drug-likeness (QED) is 0.0280. The summed E-state index contributed by atoms with van der Waals surface area (Å²) in [6, 6.07) is -0.896. The first-order chi connectivity index (χ1) is 25.0. The first-order valence-electron chi connectivity index (χ1n) is 21.7. The number of carbonyl (C=O) groups is 1. The maximum Gasteiger partial charge on any atom is 0.268 e. The highest BCUT2D eigenvalue weighted by Gasteiger charge is 2.23. The van der Waals surface area contributed by atoms with Crippen molar-refractivity contribution in [2.24, 2.45) is 0 Å². The molecule has 2 N–H and O–H groups in total. The second kappa shape index (κ2) is 35.7. The van der Waals surface area contributed by atoms with Crippen LogP contribution in [-0.2, 0) is 18.4 Å². The van der Waals surface area contributed by atoms with Crippen LogP contribution < -0.4 is 10.2 Å². The molecule has 0 heterocycles. The van der Waals surface area contributed by atoms with E-state index in [1.54, 1.807) is 6.08 Å². The Kier molecular flexibility index (Phi) is 35.0. The smallest absolute Gasteiger partial charge is 0.268 e. The summed E-state index contributed by atoms with van der Waals surface area (Å²) in [6.45, 7) is 4.61. The Morgan fingerprint density at radius 2 is 1.08 bits per heavy atom. The number of unbranched alkanes of at least 4 members (excludes halogenated alkanes) is 24. The van der Waals surface area contributed by atoms with Gasteiger partial charge in [0.05, 0.1) is 39.9 Å². The van der Waals surface area contributed by atoms with Gasteiger partial charge in [-0.3, -0.25) is 9.36 Å². The van der Waals surface area contributed by atoms with Crippen LogP contribution in [0.2, 0.25) is 0 Å². The lowest BCUT2D eigenvalue weighted by Crippen LogP contribution is -2.45. The van der Waals surface area contributed by atoms with E-state index in [-0.39, 0.29) is 19.1 Å². The molecule has 0 aliphatic heterocycles. The lowest BCUT2D eigenvalue weighted by atomic mass is 10.0. The van der Waals surface area contributed by atoms with Gasteiger partial charge >= 0.3 is 0 Å². The lowest BCUT2D eigenvalue weighted by Gasteiger charge is -2.29. The fourth-order valence-electron chi connectivity index (χ4n) is 6.17. The first kappa shape index (κ1) is 51.0. The Labute approximate surface area is 322 Å². The molecule has 3 atom stereocenters. The van der Waals surface area contributed by atoms with Crippen LogP contribution in [0.25, 0.3) is 0 Å². The molecule has 1 amide bonds. The average Bonchev–Trinajstić information content (AvgIpc) is 3.09. The highest BCUT2D eigenvalue weighted by atomic mass is 31.2. The molecule has 0 fully saturated rings. The maximum absolute atomic E-state index is 12.8. The van der Waals surface area contributed by atoms with Gasteiger partial charge in [0, 0.05) is 6.42 Å². The summed E-state index contributed by atoms with van der Waals surface area (Å²) >= 11 is 0. The largest absolute Gasteiger partial charge is 0.756 e. The van der Waals surface area contributed by atoms with E-state index in [0.29, 0.717) is 17.4 Å². The number of allylic oxidation sites excluding steroid dienone is 3. The summed E-state index contributed by atoms with van der Waals surface area (Å²) in [6.07, 6.45) is 40.8. The molecule has 1 unspecified atom stereocenters. The van der Waals surface area contributed by atoms with E-state index in [1.165, 1.54) is 135 Å². The molecule has 0 aromatic heterocycles. The molecule has 8 nitrogen and oxygen atoms in total. The number of phosphoric acid groups is 1. The van der Waals surface area contributed by atoms with Gasteiger partial charge in [-0.05, 0) is 32.1 Å². The van der Waals surface area contributed by atoms with E-state index in [4.69, 9.17) is 9.05 Å². The monoisotopic (exact) mass is 757 g/mol. The number of hydrogen-bond donors (Lipinski definition) is 2. The number of rotatable bonds is 39. The lowest BCUT2D eigenvalue weighted by molar-refractivity contribution is -0.870. The van der Waals surface area contributed by atoms with Gasteiger partial charge in [-0.2, -0.15) is 0 Å². The fourth-order valence-corrected chi connectivity index (χ4v) is 6.89. The van der Waals surface area contributed by atoms with Crippen LogP contribution in [0.5, 0.6) is 0 Å². The third-order valence-corrected chi connectivity index (χ3v) is 10.6. The molecule has 0 spiro atoms. The minimum Gasteiger partial charge on any atom is -0.756 e. The predicted octanol–water partition coefficient (Wildman–Crippen LogP) is 11.1. The summed E-state index contributed by atoms with van der Waals surface area (Å²) in [4.78, 5) is 25.2. The molecular weight excluding hydrogens is 671 g/mol. The van der Waals surface area contributed by atoms with Crippen molar-refractivity contribution < 1.29 is 32.9 Å². The van der Waals surface area contributed by atoms with Gasteiger partial charge in [-0.25, -0.2) is 0 Å². The number of nitrogens with zero attached hydrogens (tertiary/aromatic N) is 1. The van der Waals surface area contributed by atoms with Crippen LogP contribution in [0.15, 0.2) is 24.3 Å². The highest BCUT2D eigenvalue weighted by Crippen LogP contribution is 2.38. The average molecular weight is 757 g/mol. The summed E-state index contributed by atoms with van der Waals surface area (Å²) in [5.41, 5.74) is 0. The van der Waals surface area contributed by atoms with Crippen LogP contribution in [0, 0.1) is 0 Å². The third kappa shape index (κ3) is 37.3. The SMILES string of the molecule is CCCCCCCC/C=C/CC/C=C/[C@@H](O)[C@H](COP(=O)([O-])OCC[N+](C)(C)C)NC(=O)CCCCCCCCCCCCCCCCCCCC. The molecule has 9 heteroatoms. The molecule has 0 saturated heterocycles. The minimum atomic E-state index is -4.59. The van der Waals surface area contributed by atoms with Crippen molar-refractivity contribution in [3.05, 3.63) is 24.3 Å². The van der Waals surface area contributed by atoms with E-state index in [0.717, 1.165) is 38.5 Å². The van der Waals surface area contributed by atoms with Gasteiger partial charge in [0.1, 0.15) is 13.2 Å². The Morgan fingerprint density at radius 3 is 1.56 bits per heavy atom. The van der Waals surface area contributed by atoms with Gasteiger partial charge in [-0.15, -0.1) is 0 Å². The number of carbonyl (C=O) groups excluding carboxylic acids is 1. The summed E-state index contributed by atoms with van der Waals surface area (Å²) in [5, 5.41) is 13.7. The van der Waals surface area contributed by atoms with Crippen LogP contribution >= 0.6 is 7.82 Å². The van der Waals surface area contributed by atoms with Gasteiger partial charge < -0.3 is 28.8 Å². The van der Waals surface area contributed by atoms with Crippen molar-refractivity contribution in [2.45, 2.75) is 206 Å². The highest BCUT2D eigenvalue weighted by molar-refractivity contribution is 7.45. The number of aliphatic hydroxyl groups is 1. The van der Waals surface area contributed by atoms with Crippen molar-refractivity contribution in [1.29, 1.82) is 0 Å². The van der Waals surface area contributed by atoms with Crippen LogP contribution in [0.1, 0.15) is 194 Å². The Hall–Kier alpha value is -1.02. The molecule has 0 saturated carbocycles. The molecule has 0 rings (SSSR count). The predicted molar refractivity (Wildman–Crippen MR) is 219 cm³/mol. The maximum atomic E-state index is 12.8. The zero-order chi connectivity index (χ0) is 38.6. The van der Waals surface area contributed by atoms with Crippen molar-refractivity contribution >= 4 is 13.7 Å². The second-order valence-electron chi connectivity index (χ2n) is 16.0. The number of nitrogens with one attached hydrogen (secondary N) is 1. The first-order valence-corrected chi connectivity index (χ1v) is 23.2. The minimum absolute atomic E-state index is 0.00447. The van der Waals surface area contributed by atoms with Gasteiger partial charge in [-0.1, -0.05) is 179 Å². The number of aliphatic hydroxyl groups excluding tert-OH is 1. The van der Waals surface area contributed by atoms with Crippen LogP contribution in [-0.4, -0.2) is 68.5 Å². The molecule has 0 aromatic rings. The number of phosphoric ester groups is 1. The summed E-state index contributed by atoms with van der Waals surface area (Å²) in [7, 11) is 1.25. The number of quaternary nitrogens is 1. The zero-order valence-corrected chi connectivity index (χ0v) is 35.7. The Balaban J connectivity index is 4.40. The normalized spacial score (nSPS) is 14.7. The van der Waals surface area contributed by atoms with Gasteiger partial charge in [0.15, 0.2) is 0 Å². The topological polar surface area (TPSA) is 108 Å². The van der Waals surface area contributed by atoms with Crippen molar-refractivity contribution in [2.75, 3.05) is 40.9 Å². The molecule has 308 valence electrons. The molecule has 0 radical (unpaired) electrons. The second-order valence-corrected chi connectivity index (χ2v) is 17.5. The van der Waals surface area contributed by atoms with Crippen molar-refractivity contribution in [3.63, 3.8) is 0 Å². The van der Waals surface area contributed by atoms with E-state index in [2.05, 4.69) is 31.3 Å². The summed E-state index contributed by atoms with van der Waals surface area (Å²) in [5.74, 6) is -0.207.